The van der Waals surface area contributed by atoms with E-state index in [1.54, 1.807) is 12.1 Å². The van der Waals surface area contributed by atoms with E-state index in [2.05, 4.69) is 69.9 Å². The van der Waals surface area contributed by atoms with Crippen molar-refractivity contribution in [3.63, 3.8) is 0 Å². The summed E-state index contributed by atoms with van der Waals surface area (Å²) in [6.45, 7) is 13.0. The van der Waals surface area contributed by atoms with E-state index in [-0.39, 0.29) is 15.7 Å². The maximum absolute atomic E-state index is 11.4. The van der Waals surface area contributed by atoms with Crippen molar-refractivity contribution >= 4 is 10.0 Å². The van der Waals surface area contributed by atoms with Gasteiger partial charge in [-0.3, -0.25) is 0 Å². The predicted molar refractivity (Wildman–Crippen MR) is 114 cm³/mol. The first-order valence-electron chi connectivity index (χ1n) is 9.38. The second kappa shape index (κ2) is 7.07. The summed E-state index contributed by atoms with van der Waals surface area (Å²) in [5.41, 5.74) is 3.84. The topological polar surface area (TPSA) is 99.1 Å². The lowest BCUT2D eigenvalue weighted by Crippen LogP contribution is -2.16. The number of aromatic nitrogens is 2. The van der Waals surface area contributed by atoms with Crippen LogP contribution in [0.4, 0.5) is 0 Å². The lowest BCUT2D eigenvalue weighted by molar-refractivity contribution is 0.432. The third-order valence-corrected chi connectivity index (χ3v) is 5.71. The summed E-state index contributed by atoms with van der Waals surface area (Å²) < 4.78 is 28.4. The van der Waals surface area contributed by atoms with Crippen molar-refractivity contribution in [3.05, 3.63) is 53.6 Å². The van der Waals surface area contributed by atoms with E-state index in [4.69, 9.17) is 9.66 Å². The van der Waals surface area contributed by atoms with E-state index in [9.17, 15) is 8.42 Å². The van der Waals surface area contributed by atoms with Crippen LogP contribution in [0.5, 0.6) is 0 Å². The summed E-state index contributed by atoms with van der Waals surface area (Å²) in [5, 5.41) is 9.22. The predicted octanol–water partition coefficient (Wildman–Crippen LogP) is 4.65. The Hall–Kier alpha value is -2.51. The van der Waals surface area contributed by atoms with Crippen LogP contribution in [0.1, 0.15) is 52.7 Å². The summed E-state index contributed by atoms with van der Waals surface area (Å²) in [6.07, 6.45) is 0. The molecule has 0 spiro atoms. The summed E-state index contributed by atoms with van der Waals surface area (Å²) in [4.78, 5) is 4.57. The summed E-state index contributed by atoms with van der Waals surface area (Å²) in [6, 6.07) is 12.5. The highest BCUT2D eigenvalue weighted by atomic mass is 32.2. The van der Waals surface area contributed by atoms with Gasteiger partial charge >= 0.3 is 0 Å². The van der Waals surface area contributed by atoms with Gasteiger partial charge in [-0.15, -0.1) is 0 Å². The molecule has 2 N–H and O–H groups in total. The molecule has 1 heterocycles. The molecular weight excluding hydrogens is 386 g/mol. The van der Waals surface area contributed by atoms with Crippen LogP contribution in [0.15, 0.2) is 51.9 Å². The SMILES string of the molecule is CC(C)(C)c1cc(-c2nc(-c3ccc(S(N)(=O)=O)cc3)no2)cc(C(C)(C)C)c1. The Kier molecular flexibility index (Phi) is 5.17. The highest BCUT2D eigenvalue weighted by Crippen LogP contribution is 2.34. The molecule has 0 saturated carbocycles. The van der Waals surface area contributed by atoms with Gasteiger partial charge in [0.25, 0.3) is 5.89 Å². The molecule has 7 heteroatoms. The van der Waals surface area contributed by atoms with Gasteiger partial charge in [-0.05, 0) is 58.4 Å². The molecule has 3 aromatic rings. The molecule has 0 saturated heterocycles. The van der Waals surface area contributed by atoms with Crippen LogP contribution < -0.4 is 5.14 Å². The molecule has 0 amide bonds. The zero-order valence-electron chi connectivity index (χ0n) is 17.6. The molecule has 2 aromatic carbocycles. The molecule has 29 heavy (non-hydrogen) atoms. The first-order valence-corrected chi connectivity index (χ1v) is 10.9. The average molecular weight is 414 g/mol. The first kappa shape index (κ1) is 21.2. The smallest absolute Gasteiger partial charge is 0.258 e. The van der Waals surface area contributed by atoms with Crippen molar-refractivity contribution < 1.29 is 12.9 Å². The molecule has 0 radical (unpaired) electrons. The Morgan fingerprint density at radius 3 is 1.79 bits per heavy atom. The monoisotopic (exact) mass is 413 g/mol. The number of hydrogen-bond acceptors (Lipinski definition) is 5. The molecule has 6 nitrogen and oxygen atoms in total. The number of benzene rings is 2. The van der Waals surface area contributed by atoms with Gasteiger partial charge in [0, 0.05) is 11.1 Å². The van der Waals surface area contributed by atoms with E-state index in [1.165, 1.54) is 23.3 Å². The molecule has 0 unspecified atom stereocenters. The highest BCUT2D eigenvalue weighted by molar-refractivity contribution is 7.89. The van der Waals surface area contributed by atoms with Gasteiger partial charge in [-0.2, -0.15) is 4.98 Å². The van der Waals surface area contributed by atoms with Gasteiger partial charge in [0.1, 0.15) is 0 Å². The van der Waals surface area contributed by atoms with Crippen molar-refractivity contribution in [3.8, 4) is 22.8 Å². The molecular formula is C22H27N3O3S. The van der Waals surface area contributed by atoms with Gasteiger partial charge in [0.15, 0.2) is 0 Å². The summed E-state index contributed by atoms with van der Waals surface area (Å²) >= 11 is 0. The molecule has 0 fully saturated rings. The van der Waals surface area contributed by atoms with Crippen molar-refractivity contribution in [2.24, 2.45) is 5.14 Å². The van der Waals surface area contributed by atoms with Crippen molar-refractivity contribution in [1.29, 1.82) is 0 Å². The molecule has 0 atom stereocenters. The Morgan fingerprint density at radius 2 is 1.34 bits per heavy atom. The van der Waals surface area contributed by atoms with E-state index >= 15 is 0 Å². The van der Waals surface area contributed by atoms with Crippen LogP contribution in [0.3, 0.4) is 0 Å². The quantitative estimate of drug-likeness (QED) is 0.674. The van der Waals surface area contributed by atoms with Crippen LogP contribution in [-0.4, -0.2) is 18.6 Å². The molecule has 0 aliphatic rings. The summed E-state index contributed by atoms with van der Waals surface area (Å²) in [7, 11) is -3.74. The minimum atomic E-state index is -3.74. The maximum atomic E-state index is 11.4. The van der Waals surface area contributed by atoms with Crippen LogP contribution in [0, 0.1) is 0 Å². The Morgan fingerprint density at radius 1 is 0.828 bits per heavy atom. The number of nitrogens with zero attached hydrogens (tertiary/aromatic N) is 2. The number of rotatable bonds is 3. The van der Waals surface area contributed by atoms with Crippen LogP contribution >= 0.6 is 0 Å². The lowest BCUT2D eigenvalue weighted by atomic mass is 9.79. The third-order valence-electron chi connectivity index (χ3n) is 4.78. The van der Waals surface area contributed by atoms with Crippen molar-refractivity contribution in [2.45, 2.75) is 57.3 Å². The average Bonchev–Trinajstić information content (AvgIpc) is 3.09. The number of hydrogen-bond donors (Lipinski definition) is 1. The minimum absolute atomic E-state index is 0.0254. The Bertz CT molecular complexity index is 1100. The zero-order chi connectivity index (χ0) is 21.6. The standard InChI is InChI=1S/C22H27N3O3S/c1-21(2,3)16-11-15(12-17(13-16)22(4,5)6)20-24-19(25-28-20)14-7-9-18(10-8-14)29(23,26)27/h7-13H,1-6H3,(H2,23,26,27). The number of nitrogens with two attached hydrogens (primary N) is 1. The minimum Gasteiger partial charge on any atom is -0.334 e. The number of primary sulfonamides is 1. The van der Waals surface area contributed by atoms with Gasteiger partial charge < -0.3 is 4.52 Å². The maximum Gasteiger partial charge on any atom is 0.258 e. The summed E-state index contributed by atoms with van der Waals surface area (Å²) in [5.74, 6) is 0.812. The molecule has 0 aliphatic carbocycles. The second-order valence-electron chi connectivity index (χ2n) is 9.29. The van der Waals surface area contributed by atoms with Gasteiger partial charge in [0.05, 0.1) is 4.90 Å². The Balaban J connectivity index is 2.04. The molecule has 3 rings (SSSR count). The Labute approximate surface area is 172 Å². The molecule has 0 aliphatic heterocycles. The van der Waals surface area contributed by atoms with Gasteiger partial charge in [0.2, 0.25) is 15.8 Å². The molecule has 154 valence electrons. The van der Waals surface area contributed by atoms with Gasteiger partial charge in [-0.1, -0.05) is 52.8 Å². The van der Waals surface area contributed by atoms with Gasteiger partial charge in [-0.25, -0.2) is 13.6 Å². The van der Waals surface area contributed by atoms with E-state index in [0.717, 1.165) is 5.56 Å². The third kappa shape index (κ3) is 4.74. The largest absolute Gasteiger partial charge is 0.334 e. The normalized spacial score (nSPS) is 12.9. The number of sulfonamides is 1. The molecule has 1 aromatic heterocycles. The lowest BCUT2D eigenvalue weighted by Gasteiger charge is -2.25. The zero-order valence-corrected chi connectivity index (χ0v) is 18.5. The fraction of sp³-hybridized carbons (Fsp3) is 0.364. The van der Waals surface area contributed by atoms with Crippen LogP contribution in [-0.2, 0) is 20.9 Å². The van der Waals surface area contributed by atoms with Crippen molar-refractivity contribution in [2.75, 3.05) is 0 Å². The fourth-order valence-corrected chi connectivity index (χ4v) is 3.38. The highest BCUT2D eigenvalue weighted by Gasteiger charge is 2.22. The molecule has 0 bridgehead atoms. The first-order chi connectivity index (χ1) is 13.2. The second-order valence-corrected chi connectivity index (χ2v) is 10.9. The fourth-order valence-electron chi connectivity index (χ4n) is 2.87. The van der Waals surface area contributed by atoms with E-state index in [1.807, 2.05) is 0 Å². The van der Waals surface area contributed by atoms with Crippen LogP contribution in [0.25, 0.3) is 22.8 Å². The van der Waals surface area contributed by atoms with Crippen molar-refractivity contribution in [1.82, 2.24) is 10.1 Å². The van der Waals surface area contributed by atoms with E-state index < -0.39 is 10.0 Å². The van der Waals surface area contributed by atoms with E-state index in [0.29, 0.717) is 17.3 Å². The van der Waals surface area contributed by atoms with Crippen LogP contribution in [0.2, 0.25) is 0 Å².